The lowest BCUT2D eigenvalue weighted by Crippen LogP contribution is -2.14. The first kappa shape index (κ1) is 19.5. The Balaban J connectivity index is 1.78. The highest BCUT2D eigenvalue weighted by Crippen LogP contribution is 2.27. The molecule has 0 aliphatic rings. The Kier molecular flexibility index (Phi) is 5.72. The highest BCUT2D eigenvalue weighted by molar-refractivity contribution is 5.59. The van der Waals surface area contributed by atoms with E-state index < -0.39 is 11.4 Å². The highest BCUT2D eigenvalue weighted by Gasteiger charge is 2.13. The molecule has 3 rings (SSSR count). The van der Waals surface area contributed by atoms with E-state index in [4.69, 9.17) is 4.74 Å². The summed E-state index contributed by atoms with van der Waals surface area (Å²) >= 11 is 0. The van der Waals surface area contributed by atoms with Gasteiger partial charge in [-0.1, -0.05) is 47.7 Å². The predicted molar refractivity (Wildman–Crippen MR) is 106 cm³/mol. The molecule has 1 N–H and O–H groups in total. The van der Waals surface area contributed by atoms with Crippen LogP contribution in [-0.4, -0.2) is 20.7 Å². The maximum atomic E-state index is 14.9. The van der Waals surface area contributed by atoms with Crippen molar-refractivity contribution in [3.05, 3.63) is 77.4 Å². The Hall–Kier alpha value is -3.23. The lowest BCUT2D eigenvalue weighted by molar-refractivity contribution is 0.143. The van der Waals surface area contributed by atoms with Crippen LogP contribution in [0, 0.1) is 24.6 Å². The van der Waals surface area contributed by atoms with Crippen LogP contribution in [0.3, 0.4) is 0 Å². The summed E-state index contributed by atoms with van der Waals surface area (Å²) in [6.07, 6.45) is 3.00. The van der Waals surface area contributed by atoms with E-state index in [2.05, 4.69) is 21.8 Å². The van der Waals surface area contributed by atoms with Crippen LogP contribution in [-0.2, 0) is 6.61 Å². The number of aryl methyl sites for hydroxylation is 1. The first-order valence-electron chi connectivity index (χ1n) is 8.87. The summed E-state index contributed by atoms with van der Waals surface area (Å²) in [6, 6.07) is 12.8. The van der Waals surface area contributed by atoms with E-state index in [1.54, 1.807) is 32.0 Å². The van der Waals surface area contributed by atoms with Crippen LogP contribution in [0.2, 0.25) is 0 Å². The van der Waals surface area contributed by atoms with Gasteiger partial charge in [0.05, 0.1) is 11.1 Å². The molecule has 0 bridgehead atoms. The standard InChI is InChI=1S/C23H21FN2O2/c1-16-7-9-17(10-8-16)15-28-20-6-4-5-19(21(20)24)22-25-13-18(14-26-22)11-12-23(2,3)27/h4-10,13-14,27H,15H2,1-3H3. The number of ether oxygens (including phenoxy) is 1. The third kappa shape index (κ3) is 5.15. The van der Waals surface area contributed by atoms with Gasteiger partial charge < -0.3 is 9.84 Å². The summed E-state index contributed by atoms with van der Waals surface area (Å²) in [5.41, 5.74) is 1.81. The fourth-order valence-electron chi connectivity index (χ4n) is 2.40. The molecule has 0 fully saturated rings. The SMILES string of the molecule is Cc1ccc(COc2cccc(-c3ncc(C#CC(C)(C)O)cn3)c2F)cc1. The minimum absolute atomic E-state index is 0.146. The highest BCUT2D eigenvalue weighted by atomic mass is 19.1. The van der Waals surface area contributed by atoms with Gasteiger partial charge in [-0.3, -0.25) is 0 Å². The number of hydrogen-bond donors (Lipinski definition) is 1. The topological polar surface area (TPSA) is 55.2 Å². The molecule has 0 aliphatic heterocycles. The van der Waals surface area contributed by atoms with Crippen LogP contribution in [0.1, 0.15) is 30.5 Å². The number of hydrogen-bond acceptors (Lipinski definition) is 4. The van der Waals surface area contributed by atoms with Gasteiger partial charge in [-0.05, 0) is 38.5 Å². The molecule has 142 valence electrons. The second kappa shape index (κ2) is 8.20. The Morgan fingerprint density at radius 3 is 2.39 bits per heavy atom. The fraction of sp³-hybridized carbons (Fsp3) is 0.217. The molecule has 0 amide bonds. The molecule has 0 saturated carbocycles. The molecule has 1 aromatic heterocycles. The van der Waals surface area contributed by atoms with Gasteiger partial charge in [0, 0.05) is 12.4 Å². The van der Waals surface area contributed by atoms with Gasteiger partial charge in [0.2, 0.25) is 0 Å². The smallest absolute Gasteiger partial charge is 0.176 e. The van der Waals surface area contributed by atoms with E-state index in [1.165, 1.54) is 12.4 Å². The third-order valence-corrected chi connectivity index (χ3v) is 3.88. The van der Waals surface area contributed by atoms with Crippen molar-refractivity contribution in [2.75, 3.05) is 0 Å². The molecule has 28 heavy (non-hydrogen) atoms. The minimum atomic E-state index is -1.10. The van der Waals surface area contributed by atoms with Crippen LogP contribution >= 0.6 is 0 Å². The van der Waals surface area contributed by atoms with Crippen molar-refractivity contribution < 1.29 is 14.2 Å². The zero-order valence-corrected chi connectivity index (χ0v) is 16.0. The Labute approximate surface area is 164 Å². The van der Waals surface area contributed by atoms with E-state index >= 15 is 0 Å². The van der Waals surface area contributed by atoms with Gasteiger partial charge in [-0.2, -0.15) is 0 Å². The minimum Gasteiger partial charge on any atom is -0.486 e. The van der Waals surface area contributed by atoms with Crippen LogP contribution in [0.5, 0.6) is 5.75 Å². The monoisotopic (exact) mass is 376 g/mol. The molecule has 2 aromatic carbocycles. The van der Waals surface area contributed by atoms with Crippen LogP contribution in [0.25, 0.3) is 11.4 Å². The average molecular weight is 376 g/mol. The van der Waals surface area contributed by atoms with Gasteiger partial charge in [-0.15, -0.1) is 0 Å². The molecule has 0 spiro atoms. The quantitative estimate of drug-likeness (QED) is 0.690. The Morgan fingerprint density at radius 1 is 1.07 bits per heavy atom. The molecule has 0 radical (unpaired) electrons. The second-order valence-corrected chi connectivity index (χ2v) is 7.00. The molecule has 1 heterocycles. The van der Waals surface area contributed by atoms with Crippen molar-refractivity contribution in [2.45, 2.75) is 33.0 Å². The number of rotatable bonds is 4. The molecular weight excluding hydrogens is 355 g/mol. The van der Waals surface area contributed by atoms with E-state index in [0.29, 0.717) is 5.56 Å². The average Bonchev–Trinajstić information content (AvgIpc) is 2.67. The summed E-state index contributed by atoms with van der Waals surface area (Å²) in [5, 5.41) is 9.65. The van der Waals surface area contributed by atoms with Crippen molar-refractivity contribution >= 4 is 0 Å². The summed E-state index contributed by atoms with van der Waals surface area (Å²) < 4.78 is 20.5. The maximum Gasteiger partial charge on any atom is 0.176 e. The molecule has 5 heteroatoms. The largest absolute Gasteiger partial charge is 0.486 e. The van der Waals surface area contributed by atoms with E-state index in [9.17, 15) is 9.50 Å². The summed E-state index contributed by atoms with van der Waals surface area (Å²) in [5.74, 6) is 5.35. The van der Waals surface area contributed by atoms with Gasteiger partial charge in [-0.25, -0.2) is 14.4 Å². The Bertz CT molecular complexity index is 1010. The van der Waals surface area contributed by atoms with Crippen molar-refractivity contribution in [1.82, 2.24) is 9.97 Å². The van der Waals surface area contributed by atoms with Crippen molar-refractivity contribution in [3.8, 4) is 29.0 Å². The molecule has 0 unspecified atom stereocenters. The van der Waals surface area contributed by atoms with Crippen molar-refractivity contribution in [3.63, 3.8) is 0 Å². The van der Waals surface area contributed by atoms with Gasteiger partial charge in [0.25, 0.3) is 0 Å². The molecular formula is C23H21FN2O2. The maximum absolute atomic E-state index is 14.9. The van der Waals surface area contributed by atoms with Crippen LogP contribution in [0.4, 0.5) is 4.39 Å². The summed E-state index contributed by atoms with van der Waals surface area (Å²) in [4.78, 5) is 8.38. The molecule has 0 atom stereocenters. The lowest BCUT2D eigenvalue weighted by Gasteiger charge is -2.10. The summed E-state index contributed by atoms with van der Waals surface area (Å²) in [6.45, 7) is 5.46. The first-order valence-corrected chi connectivity index (χ1v) is 8.87. The predicted octanol–water partition coefficient (Wildman–Crippen LogP) is 4.29. The van der Waals surface area contributed by atoms with Crippen LogP contribution in [0.15, 0.2) is 54.9 Å². The van der Waals surface area contributed by atoms with Crippen molar-refractivity contribution in [2.24, 2.45) is 0 Å². The fourth-order valence-corrected chi connectivity index (χ4v) is 2.40. The first-order chi connectivity index (χ1) is 13.3. The third-order valence-electron chi connectivity index (χ3n) is 3.88. The van der Waals surface area contributed by atoms with Crippen molar-refractivity contribution in [1.29, 1.82) is 0 Å². The van der Waals surface area contributed by atoms with E-state index in [0.717, 1.165) is 11.1 Å². The Morgan fingerprint density at radius 2 is 1.75 bits per heavy atom. The van der Waals surface area contributed by atoms with Gasteiger partial charge >= 0.3 is 0 Å². The second-order valence-electron chi connectivity index (χ2n) is 7.00. The van der Waals surface area contributed by atoms with Gasteiger partial charge in [0.1, 0.15) is 12.2 Å². The lowest BCUT2D eigenvalue weighted by atomic mass is 10.1. The number of benzene rings is 2. The van der Waals surface area contributed by atoms with E-state index in [1.807, 2.05) is 31.2 Å². The number of halogens is 1. The summed E-state index contributed by atoms with van der Waals surface area (Å²) in [7, 11) is 0. The molecule has 3 aromatic rings. The molecule has 0 aliphatic carbocycles. The zero-order chi connectivity index (χ0) is 20.1. The molecule has 4 nitrogen and oxygen atoms in total. The number of nitrogens with zero attached hydrogens (tertiary/aromatic N) is 2. The van der Waals surface area contributed by atoms with Gasteiger partial charge in [0.15, 0.2) is 17.4 Å². The number of aromatic nitrogens is 2. The van der Waals surface area contributed by atoms with Crippen LogP contribution < -0.4 is 4.74 Å². The zero-order valence-electron chi connectivity index (χ0n) is 16.0. The normalized spacial score (nSPS) is 10.9. The molecule has 0 saturated heterocycles. The number of aliphatic hydroxyl groups is 1. The van der Waals surface area contributed by atoms with E-state index in [-0.39, 0.29) is 23.7 Å².